The second-order valence-electron chi connectivity index (χ2n) is 11.0. The van der Waals surface area contributed by atoms with Crippen LogP contribution in [0, 0.1) is 5.92 Å². The third-order valence-electron chi connectivity index (χ3n) is 7.74. The summed E-state index contributed by atoms with van der Waals surface area (Å²) in [6.07, 6.45) is 4.91. The van der Waals surface area contributed by atoms with Crippen LogP contribution in [0.1, 0.15) is 55.2 Å². The number of rotatable bonds is 13. The second-order valence-corrected chi connectivity index (χ2v) is 11.8. The first-order valence-electron chi connectivity index (χ1n) is 14.6. The first-order chi connectivity index (χ1) is 20.8. The average molecular weight is 626 g/mol. The number of hydrogen-bond donors (Lipinski definition) is 2. The van der Waals surface area contributed by atoms with Gasteiger partial charge in [-0.1, -0.05) is 71.7 Å². The Morgan fingerprint density at radius 2 is 1.53 bits per heavy atom. The van der Waals surface area contributed by atoms with E-state index in [-0.39, 0.29) is 23.8 Å². The minimum absolute atomic E-state index is 0.00368. The molecule has 0 aliphatic heterocycles. The minimum Gasteiger partial charge on any atom is -0.489 e. The maximum absolute atomic E-state index is 12.9. The van der Waals surface area contributed by atoms with Crippen LogP contribution in [0.4, 0.5) is 0 Å². The van der Waals surface area contributed by atoms with Crippen LogP contribution in [0.3, 0.4) is 0 Å². The van der Waals surface area contributed by atoms with Crippen molar-refractivity contribution >= 4 is 41.0 Å². The lowest BCUT2D eigenvalue weighted by atomic mass is 9.83. The van der Waals surface area contributed by atoms with Gasteiger partial charge in [0.25, 0.3) is 0 Å². The van der Waals surface area contributed by atoms with Gasteiger partial charge in [-0.3, -0.25) is 9.59 Å². The smallest absolute Gasteiger partial charge is 0.328 e. The maximum Gasteiger partial charge on any atom is 0.328 e. The first kappa shape index (κ1) is 32.4. The van der Waals surface area contributed by atoms with Crippen LogP contribution < -0.4 is 15.4 Å². The number of halogens is 2. The molecule has 2 N–H and O–H groups in total. The van der Waals surface area contributed by atoms with Crippen LogP contribution in [-0.2, 0) is 38.6 Å². The SMILES string of the molecule is COC(=O)[C@H](Cc1ccc(OCc2ccccc2)cc1)NC(=O)C[C@H]1CC[C@H](NC(=O)CCc2ccc(Cl)c(Cl)c2)CC1. The van der Waals surface area contributed by atoms with Gasteiger partial charge in [0.2, 0.25) is 11.8 Å². The van der Waals surface area contributed by atoms with Gasteiger partial charge in [-0.2, -0.15) is 0 Å². The van der Waals surface area contributed by atoms with Gasteiger partial charge in [-0.15, -0.1) is 0 Å². The van der Waals surface area contributed by atoms with E-state index in [0.717, 1.165) is 48.1 Å². The maximum atomic E-state index is 12.9. The highest BCUT2D eigenvalue weighted by atomic mass is 35.5. The van der Waals surface area contributed by atoms with Gasteiger partial charge >= 0.3 is 5.97 Å². The molecule has 1 aliphatic rings. The Balaban J connectivity index is 1.18. The summed E-state index contributed by atoms with van der Waals surface area (Å²) in [7, 11) is 1.32. The summed E-state index contributed by atoms with van der Waals surface area (Å²) in [5.41, 5.74) is 2.93. The highest BCUT2D eigenvalue weighted by Gasteiger charge is 2.27. The van der Waals surface area contributed by atoms with Gasteiger partial charge in [-0.05, 0) is 79.0 Å². The lowest BCUT2D eigenvalue weighted by Gasteiger charge is -2.29. The zero-order valence-electron chi connectivity index (χ0n) is 24.3. The molecule has 0 heterocycles. The van der Waals surface area contributed by atoms with Crippen LogP contribution in [0.2, 0.25) is 10.0 Å². The Labute approximate surface area is 263 Å². The summed E-state index contributed by atoms with van der Waals surface area (Å²) in [4.78, 5) is 37.9. The standard InChI is InChI=1S/C34H38Cl2N2O5/c1-42-34(41)31(20-24-9-15-28(16-10-24)43-22-26-5-3-2-4-6-26)38-33(40)21-25-7-13-27(14-8-25)37-32(39)18-12-23-11-17-29(35)30(36)19-23/h2-6,9-11,15-17,19,25,27,31H,7-8,12-14,18,20-22H2,1H3,(H,37,39)(H,38,40)/t25-,27-,31-/m0/s1. The molecule has 1 atom stereocenters. The number of benzene rings is 3. The molecule has 2 amide bonds. The molecule has 1 aliphatic carbocycles. The lowest BCUT2D eigenvalue weighted by molar-refractivity contribution is -0.145. The quantitative estimate of drug-likeness (QED) is 0.213. The van der Waals surface area contributed by atoms with Crippen LogP contribution in [0.25, 0.3) is 0 Å². The number of nitrogens with one attached hydrogen (secondary N) is 2. The molecule has 0 radical (unpaired) electrons. The zero-order chi connectivity index (χ0) is 30.6. The van der Waals surface area contributed by atoms with Gasteiger partial charge in [0, 0.05) is 25.3 Å². The molecular formula is C34H38Cl2N2O5. The highest BCUT2D eigenvalue weighted by Crippen LogP contribution is 2.27. The average Bonchev–Trinajstić information content (AvgIpc) is 3.02. The van der Waals surface area contributed by atoms with Gasteiger partial charge < -0.3 is 20.1 Å². The predicted octanol–water partition coefficient (Wildman–Crippen LogP) is 6.47. The molecule has 4 rings (SSSR count). The van der Waals surface area contributed by atoms with E-state index in [4.69, 9.17) is 32.7 Å². The van der Waals surface area contributed by atoms with E-state index in [0.29, 0.717) is 42.3 Å². The summed E-state index contributed by atoms with van der Waals surface area (Å²) in [5.74, 6) is 0.273. The number of carbonyl (C=O) groups excluding carboxylic acids is 3. The molecule has 0 unspecified atom stereocenters. The Morgan fingerprint density at radius 1 is 0.837 bits per heavy atom. The van der Waals surface area contributed by atoms with Crippen LogP contribution in [-0.4, -0.2) is 37.0 Å². The monoisotopic (exact) mass is 624 g/mol. The largest absolute Gasteiger partial charge is 0.489 e. The number of carbonyl (C=O) groups is 3. The van der Waals surface area contributed by atoms with E-state index in [1.165, 1.54) is 7.11 Å². The molecule has 0 aromatic heterocycles. The fraction of sp³-hybridized carbons (Fsp3) is 0.382. The number of aryl methyl sites for hydroxylation is 1. The van der Waals surface area contributed by atoms with Crippen LogP contribution >= 0.6 is 23.2 Å². The highest BCUT2D eigenvalue weighted by molar-refractivity contribution is 6.42. The number of hydrogen-bond acceptors (Lipinski definition) is 5. The summed E-state index contributed by atoms with van der Waals surface area (Å²) in [6.45, 7) is 0.468. The van der Waals surface area contributed by atoms with Gasteiger partial charge in [-0.25, -0.2) is 4.79 Å². The van der Waals surface area contributed by atoms with Crippen molar-refractivity contribution in [2.24, 2.45) is 5.92 Å². The van der Waals surface area contributed by atoms with Gasteiger partial charge in [0.1, 0.15) is 18.4 Å². The summed E-state index contributed by atoms with van der Waals surface area (Å²) >= 11 is 12.0. The number of ether oxygens (including phenoxy) is 2. The van der Waals surface area contributed by atoms with E-state index in [2.05, 4.69) is 10.6 Å². The third-order valence-corrected chi connectivity index (χ3v) is 8.48. The van der Waals surface area contributed by atoms with Crippen molar-refractivity contribution in [3.63, 3.8) is 0 Å². The topological polar surface area (TPSA) is 93.7 Å². The number of amides is 2. The molecule has 0 saturated heterocycles. The second kappa shape index (κ2) is 16.3. The fourth-order valence-electron chi connectivity index (χ4n) is 5.31. The Hall–Kier alpha value is -3.55. The molecule has 7 nitrogen and oxygen atoms in total. The molecule has 1 fully saturated rings. The summed E-state index contributed by atoms with van der Waals surface area (Å²) in [6, 6.07) is 22.1. The lowest BCUT2D eigenvalue weighted by Crippen LogP contribution is -2.44. The van der Waals surface area contributed by atoms with E-state index in [1.807, 2.05) is 60.7 Å². The van der Waals surface area contributed by atoms with Crippen molar-refractivity contribution in [3.05, 3.63) is 99.5 Å². The van der Waals surface area contributed by atoms with Crippen LogP contribution in [0.5, 0.6) is 5.75 Å². The molecule has 3 aromatic carbocycles. The molecule has 0 bridgehead atoms. The Bertz CT molecular complexity index is 1360. The van der Waals surface area contributed by atoms with Crippen molar-refractivity contribution < 1.29 is 23.9 Å². The van der Waals surface area contributed by atoms with Crippen molar-refractivity contribution in [3.8, 4) is 5.75 Å². The number of methoxy groups -OCH3 is 1. The fourth-order valence-corrected chi connectivity index (χ4v) is 5.63. The Kier molecular flexibility index (Phi) is 12.3. The van der Waals surface area contributed by atoms with E-state index < -0.39 is 12.0 Å². The van der Waals surface area contributed by atoms with E-state index in [1.54, 1.807) is 12.1 Å². The van der Waals surface area contributed by atoms with Gasteiger partial charge in [0.15, 0.2) is 0 Å². The minimum atomic E-state index is -0.778. The van der Waals surface area contributed by atoms with Crippen molar-refractivity contribution in [1.82, 2.24) is 10.6 Å². The zero-order valence-corrected chi connectivity index (χ0v) is 25.8. The number of esters is 1. The van der Waals surface area contributed by atoms with Crippen molar-refractivity contribution in [2.75, 3.05) is 7.11 Å². The normalized spacial score (nSPS) is 17.0. The van der Waals surface area contributed by atoms with Crippen LogP contribution in [0.15, 0.2) is 72.8 Å². The molecule has 3 aromatic rings. The third kappa shape index (κ3) is 10.6. The van der Waals surface area contributed by atoms with Crippen molar-refractivity contribution in [1.29, 1.82) is 0 Å². The Morgan fingerprint density at radius 3 is 2.21 bits per heavy atom. The predicted molar refractivity (Wildman–Crippen MR) is 168 cm³/mol. The molecule has 0 spiro atoms. The molecule has 1 saturated carbocycles. The molecule has 43 heavy (non-hydrogen) atoms. The molecule has 9 heteroatoms. The first-order valence-corrected chi connectivity index (χ1v) is 15.4. The van der Waals surface area contributed by atoms with Crippen molar-refractivity contribution in [2.45, 2.75) is 70.1 Å². The summed E-state index contributed by atoms with van der Waals surface area (Å²) in [5, 5.41) is 6.98. The van der Waals surface area contributed by atoms with E-state index in [9.17, 15) is 14.4 Å². The summed E-state index contributed by atoms with van der Waals surface area (Å²) < 4.78 is 10.8. The molecule has 228 valence electrons. The van der Waals surface area contributed by atoms with Gasteiger partial charge in [0.05, 0.1) is 17.2 Å². The molecular weight excluding hydrogens is 587 g/mol. The van der Waals surface area contributed by atoms with E-state index >= 15 is 0 Å².